The number of para-hydroxylation sites is 3. The number of nitro benzene ring substituents is 1. The van der Waals surface area contributed by atoms with Gasteiger partial charge in [-0.05, 0) is 25.5 Å². The van der Waals surface area contributed by atoms with Crippen LogP contribution in [-0.2, 0) is 14.3 Å². The maximum absolute atomic E-state index is 13.7. The van der Waals surface area contributed by atoms with Gasteiger partial charge in [0.05, 0.1) is 34.2 Å². The SMILES string of the molecule is CCCCN1C(=O)[C@H](C(=O)OCC)[C@@H](c2ccccc2[N+](=O)[O-])n2c1nc1ccccc12. The number of imidazole rings is 1. The Morgan fingerprint density at radius 2 is 1.88 bits per heavy atom. The number of hydrogen-bond acceptors (Lipinski definition) is 6. The first kappa shape index (κ1) is 21.5. The van der Waals surface area contributed by atoms with Crippen molar-refractivity contribution in [3.63, 3.8) is 0 Å². The summed E-state index contributed by atoms with van der Waals surface area (Å²) >= 11 is 0. The molecular weight excluding hydrogens is 412 g/mol. The van der Waals surface area contributed by atoms with E-state index in [0.717, 1.165) is 12.8 Å². The van der Waals surface area contributed by atoms with E-state index in [-0.39, 0.29) is 17.9 Å². The molecule has 0 spiro atoms. The molecule has 4 rings (SSSR count). The van der Waals surface area contributed by atoms with Crippen molar-refractivity contribution in [3.05, 3.63) is 64.2 Å². The van der Waals surface area contributed by atoms with Crippen LogP contribution in [0, 0.1) is 16.0 Å². The van der Waals surface area contributed by atoms with Crippen LogP contribution >= 0.6 is 0 Å². The minimum atomic E-state index is -1.27. The van der Waals surface area contributed by atoms with Crippen molar-refractivity contribution in [1.82, 2.24) is 9.55 Å². The predicted octanol–water partition coefficient (Wildman–Crippen LogP) is 3.86. The van der Waals surface area contributed by atoms with Gasteiger partial charge in [0.1, 0.15) is 0 Å². The van der Waals surface area contributed by atoms with E-state index in [0.29, 0.717) is 23.5 Å². The van der Waals surface area contributed by atoms with Crippen LogP contribution in [0.25, 0.3) is 11.0 Å². The van der Waals surface area contributed by atoms with Crippen LogP contribution in [0.4, 0.5) is 11.6 Å². The Kier molecular flexibility index (Phi) is 5.89. The smallest absolute Gasteiger partial charge is 0.321 e. The lowest BCUT2D eigenvalue weighted by atomic mass is 9.88. The maximum atomic E-state index is 13.7. The van der Waals surface area contributed by atoms with Crippen LogP contribution in [0.2, 0.25) is 0 Å². The molecule has 2 heterocycles. The third-order valence-corrected chi connectivity index (χ3v) is 5.67. The first-order valence-corrected chi connectivity index (χ1v) is 10.7. The number of aromatic nitrogens is 2. The molecule has 0 bridgehead atoms. The Hall–Kier alpha value is -3.75. The van der Waals surface area contributed by atoms with E-state index in [2.05, 4.69) is 4.98 Å². The molecule has 32 heavy (non-hydrogen) atoms. The van der Waals surface area contributed by atoms with E-state index in [1.165, 1.54) is 11.0 Å². The van der Waals surface area contributed by atoms with Crippen LogP contribution in [0.1, 0.15) is 38.3 Å². The zero-order valence-electron chi connectivity index (χ0n) is 17.9. The van der Waals surface area contributed by atoms with E-state index in [1.54, 1.807) is 29.7 Å². The highest BCUT2D eigenvalue weighted by atomic mass is 16.6. The van der Waals surface area contributed by atoms with Gasteiger partial charge in [0.2, 0.25) is 11.9 Å². The molecule has 2 atom stereocenters. The molecule has 1 aliphatic rings. The number of rotatable bonds is 7. The minimum Gasteiger partial charge on any atom is -0.465 e. The second-order valence-electron chi connectivity index (χ2n) is 7.60. The maximum Gasteiger partial charge on any atom is 0.321 e. The van der Waals surface area contributed by atoms with E-state index in [1.807, 2.05) is 31.2 Å². The Morgan fingerprint density at radius 3 is 2.59 bits per heavy atom. The lowest BCUT2D eigenvalue weighted by Gasteiger charge is -2.37. The van der Waals surface area contributed by atoms with Crippen LogP contribution in [0.3, 0.4) is 0 Å². The molecular formula is C23H24N4O5. The summed E-state index contributed by atoms with van der Waals surface area (Å²) in [7, 11) is 0. The fraction of sp³-hybridized carbons (Fsp3) is 0.348. The van der Waals surface area contributed by atoms with E-state index < -0.39 is 28.8 Å². The number of unbranched alkanes of at least 4 members (excludes halogenated alkanes) is 1. The summed E-state index contributed by atoms with van der Waals surface area (Å²) in [6, 6.07) is 12.6. The van der Waals surface area contributed by atoms with E-state index in [4.69, 9.17) is 4.74 Å². The molecule has 0 aliphatic carbocycles. The van der Waals surface area contributed by atoms with Crippen molar-refractivity contribution in [2.24, 2.45) is 5.92 Å². The summed E-state index contributed by atoms with van der Waals surface area (Å²) < 4.78 is 7.04. The Labute approximate surface area is 184 Å². The molecule has 0 N–H and O–H groups in total. The largest absolute Gasteiger partial charge is 0.465 e. The second kappa shape index (κ2) is 8.78. The number of carbonyl (C=O) groups is 2. The number of ether oxygens (including phenoxy) is 1. The number of benzene rings is 2. The molecule has 0 saturated carbocycles. The van der Waals surface area contributed by atoms with E-state index in [9.17, 15) is 19.7 Å². The summed E-state index contributed by atoms with van der Waals surface area (Å²) in [5.74, 6) is -2.04. The lowest BCUT2D eigenvalue weighted by Crippen LogP contribution is -2.50. The molecule has 166 valence electrons. The number of esters is 1. The van der Waals surface area contributed by atoms with Gasteiger partial charge in [-0.15, -0.1) is 0 Å². The summed E-state index contributed by atoms with van der Waals surface area (Å²) in [4.78, 5) is 44.3. The number of amides is 1. The number of anilines is 1. The molecule has 0 saturated heterocycles. The first-order chi connectivity index (χ1) is 15.5. The summed E-state index contributed by atoms with van der Waals surface area (Å²) in [6.07, 6.45) is 1.57. The molecule has 1 amide bonds. The van der Waals surface area contributed by atoms with Crippen molar-refractivity contribution >= 4 is 34.5 Å². The average molecular weight is 436 g/mol. The Bertz CT molecular complexity index is 1190. The number of carbonyl (C=O) groups excluding carboxylic acids is 2. The second-order valence-corrected chi connectivity index (χ2v) is 7.60. The van der Waals surface area contributed by atoms with Gasteiger partial charge in [0.15, 0.2) is 5.92 Å². The monoisotopic (exact) mass is 436 g/mol. The third kappa shape index (κ3) is 3.49. The normalized spacial score (nSPS) is 17.9. The Morgan fingerprint density at radius 1 is 1.16 bits per heavy atom. The Balaban J connectivity index is 2.03. The number of hydrogen-bond donors (Lipinski definition) is 0. The average Bonchev–Trinajstić information content (AvgIpc) is 3.17. The fourth-order valence-electron chi connectivity index (χ4n) is 4.26. The van der Waals surface area contributed by atoms with Gasteiger partial charge in [-0.3, -0.25) is 24.6 Å². The molecule has 9 nitrogen and oxygen atoms in total. The standard InChI is InChI=1S/C23H24N4O5/c1-3-5-14-25-21(28)19(22(29)32-4-2)20(15-10-6-8-12-17(15)27(30)31)26-18-13-9-7-11-16(18)24-23(25)26/h6-13,19-20H,3-5,14H2,1-2H3/t19-,20-/m1/s1. The van der Waals surface area contributed by atoms with Gasteiger partial charge in [0, 0.05) is 12.6 Å². The summed E-state index contributed by atoms with van der Waals surface area (Å²) in [5.41, 5.74) is 1.44. The van der Waals surface area contributed by atoms with Crippen LogP contribution < -0.4 is 4.90 Å². The van der Waals surface area contributed by atoms with Gasteiger partial charge in [-0.2, -0.15) is 0 Å². The summed E-state index contributed by atoms with van der Waals surface area (Å²) in [6.45, 7) is 4.16. The molecule has 9 heteroatoms. The topological polar surface area (TPSA) is 108 Å². The number of nitrogens with zero attached hydrogens (tertiary/aromatic N) is 4. The van der Waals surface area contributed by atoms with Crippen LogP contribution in [0.15, 0.2) is 48.5 Å². The zero-order chi connectivity index (χ0) is 22.8. The first-order valence-electron chi connectivity index (χ1n) is 10.7. The van der Waals surface area contributed by atoms with Gasteiger partial charge in [0.25, 0.3) is 5.69 Å². The molecule has 0 fully saturated rings. The summed E-state index contributed by atoms with van der Waals surface area (Å²) in [5, 5.41) is 11.8. The number of fused-ring (bicyclic) bond motifs is 3. The third-order valence-electron chi connectivity index (χ3n) is 5.67. The highest BCUT2D eigenvalue weighted by molar-refractivity contribution is 6.08. The molecule has 1 aliphatic heterocycles. The van der Waals surface area contributed by atoms with E-state index >= 15 is 0 Å². The lowest BCUT2D eigenvalue weighted by molar-refractivity contribution is -0.385. The van der Waals surface area contributed by atoms with Crippen molar-refractivity contribution in [1.29, 1.82) is 0 Å². The van der Waals surface area contributed by atoms with Gasteiger partial charge in [-0.25, -0.2) is 4.98 Å². The molecule has 3 aromatic rings. The molecule has 1 aromatic heterocycles. The predicted molar refractivity (Wildman–Crippen MR) is 118 cm³/mol. The van der Waals surface area contributed by atoms with Gasteiger partial charge < -0.3 is 9.30 Å². The van der Waals surface area contributed by atoms with Gasteiger partial charge in [-0.1, -0.05) is 43.7 Å². The van der Waals surface area contributed by atoms with Crippen molar-refractivity contribution in [2.75, 3.05) is 18.1 Å². The molecule has 0 unspecified atom stereocenters. The van der Waals surface area contributed by atoms with Gasteiger partial charge >= 0.3 is 5.97 Å². The molecule has 2 aromatic carbocycles. The van der Waals surface area contributed by atoms with Crippen LogP contribution in [0.5, 0.6) is 0 Å². The fourth-order valence-corrected chi connectivity index (χ4v) is 4.26. The van der Waals surface area contributed by atoms with Crippen LogP contribution in [-0.4, -0.2) is 39.5 Å². The number of nitro groups is 1. The minimum absolute atomic E-state index is 0.0959. The zero-order valence-corrected chi connectivity index (χ0v) is 17.9. The molecule has 0 radical (unpaired) electrons. The van der Waals surface area contributed by atoms with Crippen molar-refractivity contribution in [3.8, 4) is 0 Å². The highest BCUT2D eigenvalue weighted by Crippen LogP contribution is 2.43. The quantitative estimate of drug-likeness (QED) is 0.241. The highest BCUT2D eigenvalue weighted by Gasteiger charge is 2.49. The van der Waals surface area contributed by atoms with Crippen molar-refractivity contribution in [2.45, 2.75) is 32.7 Å². The van der Waals surface area contributed by atoms with Crippen molar-refractivity contribution < 1.29 is 19.2 Å².